The van der Waals surface area contributed by atoms with Gasteiger partial charge in [0, 0.05) is 28.9 Å². The van der Waals surface area contributed by atoms with Gasteiger partial charge >= 0.3 is 5.69 Å². The van der Waals surface area contributed by atoms with Gasteiger partial charge in [0.1, 0.15) is 5.82 Å². The van der Waals surface area contributed by atoms with Crippen LogP contribution in [0.1, 0.15) is 45.7 Å². The van der Waals surface area contributed by atoms with Crippen LogP contribution in [0.2, 0.25) is 0 Å². The zero-order valence-electron chi connectivity index (χ0n) is 19.7. The molecule has 0 atom stereocenters. The number of ether oxygens (including phenoxy) is 1. The van der Waals surface area contributed by atoms with E-state index in [0.717, 1.165) is 16.8 Å². The molecule has 0 saturated heterocycles. The largest absolute Gasteiger partial charge is 0.375 e. The minimum absolute atomic E-state index is 0.282. The maximum Gasteiger partial charge on any atom is 0.350 e. The van der Waals surface area contributed by atoms with E-state index >= 15 is 4.39 Å². The normalized spacial score (nSPS) is 14.5. The van der Waals surface area contributed by atoms with Crippen LogP contribution >= 0.6 is 0 Å². The van der Waals surface area contributed by atoms with Crippen molar-refractivity contribution < 1.29 is 9.13 Å². The fourth-order valence-corrected chi connectivity index (χ4v) is 4.06. The zero-order valence-corrected chi connectivity index (χ0v) is 19.7. The third kappa shape index (κ3) is 4.50. The lowest BCUT2D eigenvalue weighted by atomic mass is 10.0. The van der Waals surface area contributed by atoms with Crippen molar-refractivity contribution in [1.29, 1.82) is 0 Å². The Morgan fingerprint density at radius 1 is 1.12 bits per heavy atom. The van der Waals surface area contributed by atoms with Crippen molar-refractivity contribution in [3.63, 3.8) is 0 Å². The Hall–Kier alpha value is -3.21. The minimum atomic E-state index is -0.646. The molecule has 6 nitrogen and oxygen atoms in total. The van der Waals surface area contributed by atoms with Crippen molar-refractivity contribution >= 4 is 22.4 Å². The van der Waals surface area contributed by atoms with Crippen molar-refractivity contribution in [2.45, 2.75) is 52.3 Å². The number of aromatic nitrogens is 2. The summed E-state index contributed by atoms with van der Waals surface area (Å²) in [7, 11) is 0. The number of nitrogens with zero attached hydrogens (tertiary/aromatic N) is 3. The zero-order chi connectivity index (χ0) is 24.0. The number of hydrogen-bond donors (Lipinski definition) is 1. The molecule has 172 valence electrons. The van der Waals surface area contributed by atoms with Gasteiger partial charge in [-0.25, -0.2) is 9.18 Å². The molecular weight excluding hydrogens is 419 g/mol. The molecule has 0 aliphatic carbocycles. The summed E-state index contributed by atoms with van der Waals surface area (Å²) in [4.78, 5) is 19.4. The van der Waals surface area contributed by atoms with E-state index in [4.69, 9.17) is 10.5 Å². The molecule has 1 aliphatic rings. The Balaban J connectivity index is 2.00. The van der Waals surface area contributed by atoms with Crippen LogP contribution in [0.4, 0.5) is 15.9 Å². The van der Waals surface area contributed by atoms with Crippen molar-refractivity contribution in [2.75, 3.05) is 18.1 Å². The predicted octanol–water partition coefficient (Wildman–Crippen LogP) is 4.05. The van der Waals surface area contributed by atoms with E-state index in [1.807, 2.05) is 57.7 Å². The van der Waals surface area contributed by atoms with Gasteiger partial charge in [0.2, 0.25) is 0 Å². The molecule has 2 heterocycles. The van der Waals surface area contributed by atoms with Crippen molar-refractivity contribution in [1.82, 2.24) is 9.55 Å². The Morgan fingerprint density at radius 3 is 2.55 bits per heavy atom. The van der Waals surface area contributed by atoms with Gasteiger partial charge in [-0.2, -0.15) is 4.98 Å². The number of benzene rings is 2. The standard InChI is InChI=1S/C26H29FN4O2/c1-25(2,3)31-21-11-7-9-19(27)22(21)23(29-24(31)32)30-14-15-33-16-18-17(8-6-10-20(18)30)12-13-26(4,5)28/h6-11H,14-16,28H2,1-5H3. The van der Waals surface area contributed by atoms with E-state index in [-0.39, 0.29) is 5.82 Å². The summed E-state index contributed by atoms with van der Waals surface area (Å²) < 4.78 is 22.6. The third-order valence-electron chi connectivity index (χ3n) is 5.44. The Bertz CT molecular complexity index is 1340. The Morgan fingerprint density at radius 2 is 1.85 bits per heavy atom. The molecule has 1 aromatic heterocycles. The first-order valence-corrected chi connectivity index (χ1v) is 11.0. The molecule has 2 N–H and O–H groups in total. The monoisotopic (exact) mass is 448 g/mol. The molecule has 7 heteroatoms. The summed E-state index contributed by atoms with van der Waals surface area (Å²) in [6.07, 6.45) is 0. The highest BCUT2D eigenvalue weighted by atomic mass is 19.1. The summed E-state index contributed by atoms with van der Waals surface area (Å²) in [5, 5.41) is 0.305. The first-order valence-electron chi connectivity index (χ1n) is 11.0. The van der Waals surface area contributed by atoms with Crippen LogP contribution in [0, 0.1) is 17.7 Å². The number of halogens is 1. The van der Waals surface area contributed by atoms with Crippen molar-refractivity contribution in [3.05, 3.63) is 63.8 Å². The number of fused-ring (bicyclic) bond motifs is 2. The summed E-state index contributed by atoms with van der Waals surface area (Å²) in [5.74, 6) is 6.07. The molecule has 0 bridgehead atoms. The van der Waals surface area contributed by atoms with Gasteiger partial charge < -0.3 is 15.4 Å². The van der Waals surface area contributed by atoms with Crippen LogP contribution in [0.5, 0.6) is 0 Å². The highest BCUT2D eigenvalue weighted by molar-refractivity contribution is 5.93. The van der Waals surface area contributed by atoms with E-state index < -0.39 is 22.6 Å². The first-order chi connectivity index (χ1) is 15.5. The molecule has 0 unspecified atom stereocenters. The van der Waals surface area contributed by atoms with Gasteiger partial charge in [-0.05, 0) is 58.9 Å². The highest BCUT2D eigenvalue weighted by Crippen LogP contribution is 2.36. The van der Waals surface area contributed by atoms with Crippen LogP contribution in [-0.2, 0) is 16.9 Å². The lowest BCUT2D eigenvalue weighted by Gasteiger charge is -2.29. The molecule has 1 aliphatic heterocycles. The van der Waals surface area contributed by atoms with Gasteiger partial charge in [-0.15, -0.1) is 0 Å². The lowest BCUT2D eigenvalue weighted by Crippen LogP contribution is -2.37. The molecule has 33 heavy (non-hydrogen) atoms. The summed E-state index contributed by atoms with van der Waals surface area (Å²) in [6.45, 7) is 10.5. The maximum absolute atomic E-state index is 15.3. The average Bonchev–Trinajstić information content (AvgIpc) is 2.93. The fourth-order valence-electron chi connectivity index (χ4n) is 4.06. The van der Waals surface area contributed by atoms with E-state index in [1.165, 1.54) is 10.6 Å². The van der Waals surface area contributed by atoms with E-state index in [0.29, 0.717) is 30.7 Å². The molecule has 0 amide bonds. The molecule has 2 aromatic carbocycles. The molecular formula is C26H29FN4O2. The van der Waals surface area contributed by atoms with Gasteiger partial charge in [0.15, 0.2) is 5.82 Å². The second-order valence-corrected chi connectivity index (χ2v) is 9.84. The molecule has 4 rings (SSSR count). The SMILES string of the molecule is CC(C)(N)C#Cc1cccc2c1COCCN2c1nc(=O)n(C(C)(C)C)c2cccc(F)c12. The molecule has 0 fully saturated rings. The number of nitrogens with two attached hydrogens (primary N) is 1. The van der Waals surface area contributed by atoms with Gasteiger partial charge in [0.05, 0.1) is 29.7 Å². The average molecular weight is 449 g/mol. The second-order valence-electron chi connectivity index (χ2n) is 9.84. The molecule has 3 aromatic rings. The fraction of sp³-hybridized carbons (Fsp3) is 0.385. The number of anilines is 2. The van der Waals surface area contributed by atoms with Crippen LogP contribution < -0.4 is 16.3 Å². The first kappa shape index (κ1) is 23.0. The smallest absolute Gasteiger partial charge is 0.350 e. The van der Waals surface area contributed by atoms with E-state index in [9.17, 15) is 4.79 Å². The van der Waals surface area contributed by atoms with E-state index in [2.05, 4.69) is 16.8 Å². The second kappa shape index (κ2) is 8.29. The highest BCUT2D eigenvalue weighted by Gasteiger charge is 2.27. The summed E-state index contributed by atoms with van der Waals surface area (Å²) in [5.41, 5.74) is 7.35. The Kier molecular flexibility index (Phi) is 5.77. The maximum atomic E-state index is 15.3. The lowest BCUT2D eigenvalue weighted by molar-refractivity contribution is 0.133. The third-order valence-corrected chi connectivity index (χ3v) is 5.44. The molecule has 0 saturated carbocycles. The van der Waals surface area contributed by atoms with Crippen molar-refractivity contribution in [2.24, 2.45) is 5.73 Å². The molecule has 0 radical (unpaired) electrons. The van der Waals surface area contributed by atoms with Crippen molar-refractivity contribution in [3.8, 4) is 11.8 Å². The van der Waals surface area contributed by atoms with E-state index in [1.54, 1.807) is 12.1 Å². The predicted molar refractivity (Wildman–Crippen MR) is 129 cm³/mol. The van der Waals surface area contributed by atoms with Gasteiger partial charge in [-0.1, -0.05) is 24.0 Å². The minimum Gasteiger partial charge on any atom is -0.375 e. The topological polar surface area (TPSA) is 73.4 Å². The number of rotatable bonds is 1. The van der Waals surface area contributed by atoms with Crippen LogP contribution in [-0.4, -0.2) is 28.2 Å². The van der Waals surface area contributed by atoms with Crippen LogP contribution in [0.25, 0.3) is 10.9 Å². The van der Waals surface area contributed by atoms with Crippen LogP contribution in [0.15, 0.2) is 41.2 Å². The molecule has 0 spiro atoms. The number of hydrogen-bond acceptors (Lipinski definition) is 5. The van der Waals surface area contributed by atoms with Gasteiger partial charge in [0.25, 0.3) is 0 Å². The van der Waals surface area contributed by atoms with Gasteiger partial charge in [-0.3, -0.25) is 4.57 Å². The summed E-state index contributed by atoms with van der Waals surface area (Å²) in [6, 6.07) is 10.5. The summed E-state index contributed by atoms with van der Waals surface area (Å²) >= 11 is 0. The van der Waals surface area contributed by atoms with Crippen LogP contribution in [0.3, 0.4) is 0 Å². The Labute approximate surface area is 193 Å². The quantitative estimate of drug-likeness (QED) is 0.569.